The van der Waals surface area contributed by atoms with Crippen molar-refractivity contribution in [2.75, 3.05) is 18.1 Å². The molecule has 18 heavy (non-hydrogen) atoms. The third-order valence-corrected chi connectivity index (χ3v) is 5.77. The third kappa shape index (κ3) is 2.02. The van der Waals surface area contributed by atoms with Gasteiger partial charge in [-0.05, 0) is 31.1 Å². The van der Waals surface area contributed by atoms with Crippen LogP contribution in [0.4, 0.5) is 0 Å². The number of rotatable bonds is 2. The van der Waals surface area contributed by atoms with Crippen LogP contribution in [0.25, 0.3) is 0 Å². The highest BCUT2D eigenvalue weighted by Crippen LogP contribution is 2.49. The Kier molecular flexibility index (Phi) is 3.26. The molecule has 1 amide bonds. The number of carboxylic acid groups (broad SMARTS) is 1. The van der Waals surface area contributed by atoms with Gasteiger partial charge in [-0.2, -0.15) is 11.8 Å². The molecule has 0 aromatic rings. The smallest absolute Gasteiger partial charge is 0.327 e. The van der Waals surface area contributed by atoms with E-state index >= 15 is 0 Å². The fourth-order valence-corrected chi connectivity index (χ4v) is 4.87. The topological polar surface area (TPSA) is 57.6 Å². The van der Waals surface area contributed by atoms with Crippen LogP contribution >= 0.6 is 11.8 Å². The van der Waals surface area contributed by atoms with Crippen LogP contribution in [0.2, 0.25) is 0 Å². The van der Waals surface area contributed by atoms with Gasteiger partial charge in [-0.1, -0.05) is 6.42 Å². The number of thioether (sulfide) groups is 1. The third-order valence-electron chi connectivity index (χ3n) is 4.75. The van der Waals surface area contributed by atoms with Gasteiger partial charge in [-0.3, -0.25) is 4.79 Å². The summed E-state index contributed by atoms with van der Waals surface area (Å²) in [6, 6.07) is -0.602. The number of aliphatic carboxylic acids is 1. The molecule has 0 spiro atoms. The maximum atomic E-state index is 12.6. The lowest BCUT2D eigenvalue weighted by molar-refractivity contribution is -0.151. The van der Waals surface area contributed by atoms with Crippen LogP contribution in [0.1, 0.15) is 25.7 Å². The van der Waals surface area contributed by atoms with Gasteiger partial charge < -0.3 is 10.0 Å². The van der Waals surface area contributed by atoms with Gasteiger partial charge in [-0.25, -0.2) is 4.79 Å². The summed E-state index contributed by atoms with van der Waals surface area (Å²) in [5.74, 6) is 2.07. The summed E-state index contributed by atoms with van der Waals surface area (Å²) in [6.07, 6.45) is 4.63. The van der Waals surface area contributed by atoms with Crippen LogP contribution < -0.4 is 0 Å². The Morgan fingerprint density at radius 2 is 2.06 bits per heavy atom. The number of carbonyl (C=O) groups excluding carboxylic acids is 1. The van der Waals surface area contributed by atoms with E-state index in [4.69, 9.17) is 0 Å². The average Bonchev–Trinajstić information content (AvgIpc) is 3.00. The highest BCUT2D eigenvalue weighted by atomic mass is 32.2. The van der Waals surface area contributed by atoms with Crippen LogP contribution in [0.5, 0.6) is 0 Å². The molecule has 1 aliphatic heterocycles. The van der Waals surface area contributed by atoms with Crippen LogP contribution in [0, 0.1) is 17.8 Å². The molecule has 5 heteroatoms. The predicted molar refractivity (Wildman–Crippen MR) is 69.4 cm³/mol. The van der Waals surface area contributed by atoms with E-state index in [0.29, 0.717) is 18.2 Å². The molecule has 1 N–H and O–H groups in total. The summed E-state index contributed by atoms with van der Waals surface area (Å²) in [5.41, 5.74) is 0. The van der Waals surface area contributed by atoms with Crippen molar-refractivity contribution < 1.29 is 14.7 Å². The number of carbonyl (C=O) groups is 2. The van der Waals surface area contributed by atoms with Crippen molar-refractivity contribution in [3.8, 4) is 0 Å². The largest absolute Gasteiger partial charge is 0.480 e. The Morgan fingerprint density at radius 1 is 1.22 bits per heavy atom. The molecule has 3 aliphatic rings. The standard InChI is InChI=1S/C13H19NO3S/c15-12(10-6-8-1-2-9(10)5-8)14-3-4-18-7-11(14)13(16)17/h8-11H,1-7H2,(H,16,17). The second kappa shape index (κ2) is 4.76. The van der Waals surface area contributed by atoms with E-state index in [1.165, 1.54) is 19.3 Å². The van der Waals surface area contributed by atoms with Crippen molar-refractivity contribution in [2.24, 2.45) is 17.8 Å². The number of hydrogen-bond acceptors (Lipinski definition) is 3. The van der Waals surface area contributed by atoms with Crippen LogP contribution in [0.3, 0.4) is 0 Å². The van der Waals surface area contributed by atoms with Gasteiger partial charge in [0, 0.05) is 24.0 Å². The first-order valence-electron chi connectivity index (χ1n) is 6.78. The minimum absolute atomic E-state index is 0.119. The van der Waals surface area contributed by atoms with E-state index in [2.05, 4.69) is 0 Å². The van der Waals surface area contributed by atoms with Gasteiger partial charge in [0.1, 0.15) is 6.04 Å². The lowest BCUT2D eigenvalue weighted by Crippen LogP contribution is -2.52. The molecule has 2 saturated carbocycles. The molecular weight excluding hydrogens is 250 g/mol. The minimum Gasteiger partial charge on any atom is -0.480 e. The van der Waals surface area contributed by atoms with E-state index in [1.807, 2.05) is 0 Å². The molecule has 4 nitrogen and oxygen atoms in total. The first kappa shape index (κ1) is 12.3. The minimum atomic E-state index is -0.848. The van der Waals surface area contributed by atoms with Gasteiger partial charge in [0.2, 0.25) is 5.91 Å². The molecule has 2 bridgehead atoms. The molecular formula is C13H19NO3S. The summed E-state index contributed by atoms with van der Waals surface area (Å²) in [5, 5.41) is 9.23. The molecule has 3 fully saturated rings. The zero-order valence-electron chi connectivity index (χ0n) is 10.4. The number of carboxylic acids is 1. The number of amides is 1. The fraction of sp³-hybridized carbons (Fsp3) is 0.846. The van der Waals surface area contributed by atoms with Crippen molar-refractivity contribution in [2.45, 2.75) is 31.7 Å². The molecule has 2 aliphatic carbocycles. The summed E-state index contributed by atoms with van der Waals surface area (Å²) in [7, 11) is 0. The van der Waals surface area contributed by atoms with E-state index in [9.17, 15) is 14.7 Å². The van der Waals surface area contributed by atoms with Crippen LogP contribution in [-0.4, -0.2) is 46.0 Å². The fourth-order valence-electron chi connectivity index (χ4n) is 3.83. The summed E-state index contributed by atoms with van der Waals surface area (Å²) in [6.45, 7) is 0.606. The van der Waals surface area contributed by atoms with E-state index < -0.39 is 12.0 Å². The molecule has 4 atom stereocenters. The van der Waals surface area contributed by atoms with Gasteiger partial charge in [-0.15, -0.1) is 0 Å². The molecule has 3 rings (SSSR count). The number of nitrogens with zero attached hydrogens (tertiary/aromatic N) is 1. The molecule has 0 aromatic heterocycles. The van der Waals surface area contributed by atoms with Crippen molar-refractivity contribution >= 4 is 23.6 Å². The van der Waals surface area contributed by atoms with E-state index in [0.717, 1.165) is 18.1 Å². The lowest BCUT2D eigenvalue weighted by atomic mass is 9.87. The van der Waals surface area contributed by atoms with Gasteiger partial charge >= 0.3 is 5.97 Å². The normalized spacial score (nSPS) is 39.0. The Morgan fingerprint density at radius 3 is 2.67 bits per heavy atom. The van der Waals surface area contributed by atoms with Crippen molar-refractivity contribution in [3.63, 3.8) is 0 Å². The Balaban J connectivity index is 1.72. The quantitative estimate of drug-likeness (QED) is 0.824. The zero-order chi connectivity index (χ0) is 12.7. The summed E-state index contributed by atoms with van der Waals surface area (Å²) in [4.78, 5) is 25.4. The van der Waals surface area contributed by atoms with Crippen molar-refractivity contribution in [1.29, 1.82) is 0 Å². The highest BCUT2D eigenvalue weighted by molar-refractivity contribution is 7.99. The van der Waals surface area contributed by atoms with Crippen molar-refractivity contribution in [3.05, 3.63) is 0 Å². The zero-order valence-corrected chi connectivity index (χ0v) is 11.2. The molecule has 1 heterocycles. The second-order valence-corrected chi connectivity index (χ2v) is 6.89. The predicted octanol–water partition coefficient (Wildman–Crippen LogP) is 1.45. The van der Waals surface area contributed by atoms with Crippen LogP contribution in [-0.2, 0) is 9.59 Å². The SMILES string of the molecule is O=C(O)C1CSCCN1C(=O)C1CC2CCC1C2. The monoisotopic (exact) mass is 269 g/mol. The first-order chi connectivity index (χ1) is 8.66. The highest BCUT2D eigenvalue weighted by Gasteiger charge is 2.46. The molecule has 4 unspecified atom stereocenters. The first-order valence-corrected chi connectivity index (χ1v) is 7.93. The molecule has 1 saturated heterocycles. The van der Waals surface area contributed by atoms with E-state index in [1.54, 1.807) is 16.7 Å². The Bertz CT molecular complexity index is 373. The van der Waals surface area contributed by atoms with Crippen molar-refractivity contribution in [1.82, 2.24) is 4.90 Å². The van der Waals surface area contributed by atoms with E-state index in [-0.39, 0.29) is 11.8 Å². The molecule has 100 valence electrons. The van der Waals surface area contributed by atoms with Gasteiger partial charge in [0.15, 0.2) is 0 Å². The summed E-state index contributed by atoms with van der Waals surface area (Å²) >= 11 is 1.64. The van der Waals surface area contributed by atoms with Gasteiger partial charge in [0.25, 0.3) is 0 Å². The second-order valence-electron chi connectivity index (χ2n) is 5.74. The maximum absolute atomic E-state index is 12.6. The number of hydrogen-bond donors (Lipinski definition) is 1. The molecule has 0 radical (unpaired) electrons. The lowest BCUT2D eigenvalue weighted by Gasteiger charge is -2.36. The average molecular weight is 269 g/mol. The van der Waals surface area contributed by atoms with Gasteiger partial charge in [0.05, 0.1) is 0 Å². The number of fused-ring (bicyclic) bond motifs is 2. The molecule has 0 aromatic carbocycles. The Labute approximate surface area is 111 Å². The summed E-state index contributed by atoms with van der Waals surface area (Å²) < 4.78 is 0. The maximum Gasteiger partial charge on any atom is 0.327 e. The van der Waals surface area contributed by atoms with Crippen LogP contribution in [0.15, 0.2) is 0 Å². The Hall–Kier alpha value is -0.710.